The fraction of sp³-hybridized carbons (Fsp3) is 0.385. The van der Waals surface area contributed by atoms with Gasteiger partial charge in [-0.15, -0.1) is 0 Å². The van der Waals surface area contributed by atoms with Crippen molar-refractivity contribution in [2.24, 2.45) is 0 Å². The molecule has 0 saturated carbocycles. The Morgan fingerprint density at radius 1 is 1.12 bits per heavy atom. The van der Waals surface area contributed by atoms with E-state index in [1.54, 1.807) is 0 Å². The number of benzene rings is 1. The highest BCUT2D eigenvalue weighted by Gasteiger charge is 2.27. The third-order valence-electron chi connectivity index (χ3n) is 2.91. The van der Waals surface area contributed by atoms with E-state index in [9.17, 15) is 9.59 Å². The van der Waals surface area contributed by atoms with E-state index in [0.717, 1.165) is 12.0 Å². The monoisotopic (exact) mass is 218 g/mol. The molecule has 1 aliphatic heterocycles. The van der Waals surface area contributed by atoms with E-state index in [1.165, 1.54) is 5.56 Å². The van der Waals surface area contributed by atoms with Gasteiger partial charge in [0.05, 0.1) is 12.8 Å². The summed E-state index contributed by atoms with van der Waals surface area (Å²) in [5.74, 6) is -0.846. The van der Waals surface area contributed by atoms with Crippen molar-refractivity contribution in [3.63, 3.8) is 0 Å². The summed E-state index contributed by atoms with van der Waals surface area (Å²) in [5, 5.41) is 0. The highest BCUT2D eigenvalue weighted by Crippen LogP contribution is 2.28. The number of carbonyl (C=O) groups excluding carboxylic acids is 2. The lowest BCUT2D eigenvalue weighted by molar-refractivity contribution is -0.163. The standard InChI is InChI=1S/C13H14O3/c1-2-9-3-5-10(6-4-9)11-7-12(14)16-13(15)8-11/h3-6,11H,2,7-8H2,1H3. The number of esters is 2. The molecule has 1 heterocycles. The maximum absolute atomic E-state index is 11.1. The molecular weight excluding hydrogens is 204 g/mol. The summed E-state index contributed by atoms with van der Waals surface area (Å²) >= 11 is 0. The van der Waals surface area contributed by atoms with E-state index < -0.39 is 11.9 Å². The average molecular weight is 218 g/mol. The van der Waals surface area contributed by atoms with Gasteiger partial charge < -0.3 is 4.74 Å². The van der Waals surface area contributed by atoms with Crippen molar-refractivity contribution in [2.45, 2.75) is 32.1 Å². The van der Waals surface area contributed by atoms with Crippen LogP contribution in [-0.4, -0.2) is 11.9 Å². The topological polar surface area (TPSA) is 43.4 Å². The molecule has 1 aliphatic rings. The van der Waals surface area contributed by atoms with Crippen LogP contribution in [-0.2, 0) is 20.7 Å². The van der Waals surface area contributed by atoms with Gasteiger partial charge in [-0.3, -0.25) is 9.59 Å². The summed E-state index contributed by atoms with van der Waals surface area (Å²) < 4.78 is 4.50. The third kappa shape index (κ3) is 2.30. The van der Waals surface area contributed by atoms with Crippen molar-refractivity contribution in [3.8, 4) is 0 Å². The fourth-order valence-electron chi connectivity index (χ4n) is 1.95. The molecular formula is C13H14O3. The van der Waals surface area contributed by atoms with Crippen molar-refractivity contribution in [2.75, 3.05) is 0 Å². The lowest BCUT2D eigenvalue weighted by Gasteiger charge is -2.20. The summed E-state index contributed by atoms with van der Waals surface area (Å²) in [5.41, 5.74) is 2.30. The van der Waals surface area contributed by atoms with Crippen LogP contribution in [0.4, 0.5) is 0 Å². The molecule has 0 atom stereocenters. The SMILES string of the molecule is CCc1ccc(C2CC(=O)OC(=O)C2)cc1. The Bertz CT molecular complexity index is 390. The second-order valence-corrected chi connectivity index (χ2v) is 4.05. The van der Waals surface area contributed by atoms with Crippen LogP contribution in [0.25, 0.3) is 0 Å². The van der Waals surface area contributed by atoms with Gasteiger partial charge in [-0.05, 0) is 17.5 Å². The first-order valence-electron chi connectivity index (χ1n) is 5.51. The molecule has 2 rings (SSSR count). The van der Waals surface area contributed by atoms with Crippen molar-refractivity contribution >= 4 is 11.9 Å². The number of hydrogen-bond acceptors (Lipinski definition) is 3. The average Bonchev–Trinajstić information content (AvgIpc) is 2.28. The summed E-state index contributed by atoms with van der Waals surface area (Å²) in [4.78, 5) is 22.3. The number of ether oxygens (including phenoxy) is 1. The van der Waals surface area contributed by atoms with E-state index >= 15 is 0 Å². The Kier molecular flexibility index (Phi) is 3.04. The number of aryl methyl sites for hydroxylation is 1. The molecule has 1 fully saturated rings. The molecule has 0 amide bonds. The number of cyclic esters (lactones) is 2. The van der Waals surface area contributed by atoms with E-state index in [2.05, 4.69) is 11.7 Å². The van der Waals surface area contributed by atoms with E-state index in [0.29, 0.717) is 12.8 Å². The van der Waals surface area contributed by atoms with Gasteiger partial charge in [0.1, 0.15) is 0 Å². The molecule has 3 heteroatoms. The summed E-state index contributed by atoms with van der Waals surface area (Å²) in [6, 6.07) is 8.07. The predicted molar refractivity (Wildman–Crippen MR) is 58.9 cm³/mol. The van der Waals surface area contributed by atoms with E-state index in [-0.39, 0.29) is 5.92 Å². The molecule has 0 radical (unpaired) electrons. The zero-order chi connectivity index (χ0) is 11.5. The lowest BCUT2D eigenvalue weighted by atomic mass is 9.90. The van der Waals surface area contributed by atoms with Gasteiger partial charge in [-0.1, -0.05) is 31.2 Å². The van der Waals surface area contributed by atoms with Gasteiger partial charge in [0.15, 0.2) is 0 Å². The zero-order valence-electron chi connectivity index (χ0n) is 9.23. The summed E-state index contributed by atoms with van der Waals surface area (Å²) in [6.45, 7) is 2.09. The molecule has 0 spiro atoms. The first-order chi connectivity index (χ1) is 7.69. The highest BCUT2D eigenvalue weighted by atomic mass is 16.6. The van der Waals surface area contributed by atoms with Gasteiger partial charge in [0, 0.05) is 5.92 Å². The minimum absolute atomic E-state index is 0.0142. The van der Waals surface area contributed by atoms with Crippen LogP contribution in [0.3, 0.4) is 0 Å². The zero-order valence-corrected chi connectivity index (χ0v) is 9.23. The molecule has 16 heavy (non-hydrogen) atoms. The van der Waals surface area contributed by atoms with Crippen molar-refractivity contribution < 1.29 is 14.3 Å². The van der Waals surface area contributed by atoms with Crippen LogP contribution in [0.1, 0.15) is 36.8 Å². The molecule has 1 aromatic rings. The van der Waals surface area contributed by atoms with Crippen molar-refractivity contribution in [1.29, 1.82) is 0 Å². The molecule has 3 nitrogen and oxygen atoms in total. The van der Waals surface area contributed by atoms with Gasteiger partial charge >= 0.3 is 11.9 Å². The number of carbonyl (C=O) groups is 2. The first-order valence-corrected chi connectivity index (χ1v) is 5.51. The quantitative estimate of drug-likeness (QED) is 0.564. The second kappa shape index (κ2) is 4.47. The van der Waals surface area contributed by atoms with E-state index in [4.69, 9.17) is 0 Å². The number of hydrogen-bond donors (Lipinski definition) is 0. The Morgan fingerprint density at radius 2 is 1.69 bits per heavy atom. The normalized spacial score (nSPS) is 17.3. The van der Waals surface area contributed by atoms with Crippen molar-refractivity contribution in [1.82, 2.24) is 0 Å². The van der Waals surface area contributed by atoms with E-state index in [1.807, 2.05) is 24.3 Å². The largest absolute Gasteiger partial charge is 0.393 e. The van der Waals surface area contributed by atoms with Gasteiger partial charge in [-0.2, -0.15) is 0 Å². The van der Waals surface area contributed by atoms with Crippen LogP contribution in [0, 0.1) is 0 Å². The highest BCUT2D eigenvalue weighted by molar-refractivity contribution is 5.89. The smallest absolute Gasteiger partial charge is 0.314 e. The van der Waals surface area contributed by atoms with Crippen LogP contribution in [0.15, 0.2) is 24.3 Å². The molecule has 0 aromatic heterocycles. The van der Waals surface area contributed by atoms with Gasteiger partial charge in [0.2, 0.25) is 0 Å². The molecule has 0 bridgehead atoms. The predicted octanol–water partition coefficient (Wildman–Crippen LogP) is 2.20. The Hall–Kier alpha value is -1.64. The second-order valence-electron chi connectivity index (χ2n) is 4.05. The molecule has 84 valence electrons. The van der Waals surface area contributed by atoms with Gasteiger partial charge in [0.25, 0.3) is 0 Å². The van der Waals surface area contributed by atoms with Crippen molar-refractivity contribution in [3.05, 3.63) is 35.4 Å². The molecule has 0 unspecified atom stereocenters. The number of rotatable bonds is 2. The Labute approximate surface area is 94.4 Å². The summed E-state index contributed by atoms with van der Waals surface area (Å²) in [7, 11) is 0. The van der Waals surface area contributed by atoms with Gasteiger partial charge in [-0.25, -0.2) is 0 Å². The molecule has 0 aliphatic carbocycles. The minimum atomic E-state index is -0.416. The minimum Gasteiger partial charge on any atom is -0.393 e. The van der Waals surface area contributed by atoms with Crippen LogP contribution < -0.4 is 0 Å². The molecule has 1 saturated heterocycles. The fourth-order valence-corrected chi connectivity index (χ4v) is 1.95. The third-order valence-corrected chi connectivity index (χ3v) is 2.91. The molecule has 1 aromatic carbocycles. The Balaban J connectivity index is 2.16. The van der Waals surface area contributed by atoms with Crippen LogP contribution in [0.5, 0.6) is 0 Å². The Morgan fingerprint density at radius 3 is 2.19 bits per heavy atom. The van der Waals surface area contributed by atoms with Crippen LogP contribution >= 0.6 is 0 Å². The maximum atomic E-state index is 11.1. The van der Waals surface area contributed by atoms with Crippen LogP contribution in [0.2, 0.25) is 0 Å². The summed E-state index contributed by atoms with van der Waals surface area (Å²) in [6.07, 6.45) is 1.60. The maximum Gasteiger partial charge on any atom is 0.314 e. The lowest BCUT2D eigenvalue weighted by Crippen LogP contribution is -2.24. The molecule has 0 N–H and O–H groups in total. The first kappa shape index (κ1) is 10.9.